The highest BCUT2D eigenvalue weighted by molar-refractivity contribution is 6.25. The van der Waals surface area contributed by atoms with Crippen molar-refractivity contribution in [1.82, 2.24) is 0 Å². The van der Waals surface area contributed by atoms with E-state index in [1.807, 2.05) is 0 Å². The zero-order chi connectivity index (χ0) is 28.7. The Bertz CT molecular complexity index is 2390. The molecular weight excluding hydrogens is 516 g/mol. The van der Waals surface area contributed by atoms with E-state index in [-0.39, 0.29) is 5.41 Å². The molecule has 0 N–H and O–H groups in total. The van der Waals surface area contributed by atoms with E-state index in [2.05, 4.69) is 159 Å². The van der Waals surface area contributed by atoms with Gasteiger partial charge in [0.05, 0.1) is 0 Å². The summed E-state index contributed by atoms with van der Waals surface area (Å²) in [7, 11) is 0. The van der Waals surface area contributed by atoms with Crippen LogP contribution in [-0.2, 0) is 5.41 Å². The summed E-state index contributed by atoms with van der Waals surface area (Å²) in [4.78, 5) is 0. The molecule has 0 aromatic heterocycles. The van der Waals surface area contributed by atoms with Crippen molar-refractivity contribution in [2.45, 2.75) is 19.3 Å². The molecule has 9 rings (SSSR count). The number of rotatable bonds is 2. The molecule has 0 saturated heterocycles. The molecule has 0 heterocycles. The van der Waals surface area contributed by atoms with E-state index in [0.717, 1.165) is 0 Å². The minimum Gasteiger partial charge on any atom is -0.0616 e. The smallest absolute Gasteiger partial charge is 0.0159 e. The van der Waals surface area contributed by atoms with E-state index in [9.17, 15) is 0 Å². The monoisotopic (exact) mass is 546 g/mol. The van der Waals surface area contributed by atoms with Gasteiger partial charge in [-0.1, -0.05) is 135 Å². The lowest BCUT2D eigenvalue weighted by Gasteiger charge is -2.23. The normalized spacial score (nSPS) is 13.5. The third-order valence-corrected chi connectivity index (χ3v) is 9.84. The van der Waals surface area contributed by atoms with Crippen molar-refractivity contribution in [2.75, 3.05) is 0 Å². The third kappa shape index (κ3) is 3.57. The van der Waals surface area contributed by atoms with Crippen LogP contribution in [0, 0.1) is 0 Å². The fraction of sp³-hybridized carbons (Fsp3) is 0.0698. The first-order valence-corrected chi connectivity index (χ1v) is 15.2. The average Bonchev–Trinajstić information content (AvgIpc) is 3.29. The molecule has 0 unspecified atom stereocenters. The Balaban J connectivity index is 1.17. The first kappa shape index (κ1) is 24.4. The van der Waals surface area contributed by atoms with Gasteiger partial charge in [-0.3, -0.25) is 0 Å². The molecule has 202 valence electrons. The zero-order valence-corrected chi connectivity index (χ0v) is 24.4. The lowest BCUT2D eigenvalue weighted by molar-refractivity contribution is 0.661. The molecule has 0 bridgehead atoms. The van der Waals surface area contributed by atoms with Gasteiger partial charge in [0.1, 0.15) is 0 Å². The standard InChI is InChI=1S/C43H30/c1-43(2)41-25-31(29-16-15-27-9-3-4-10-28(27)23-29)18-21-38(41)39-22-19-32(26-42(39)43)30-17-20-37-35-13-6-5-11-33(35)34-12-7-8-14-36(34)40(37)24-30/h3-26H,1-2H3. The van der Waals surface area contributed by atoms with Gasteiger partial charge < -0.3 is 0 Å². The molecule has 0 nitrogen and oxygen atoms in total. The molecule has 1 aliphatic carbocycles. The Morgan fingerprint density at radius 1 is 0.326 bits per heavy atom. The van der Waals surface area contributed by atoms with Crippen LogP contribution >= 0.6 is 0 Å². The number of hydrogen-bond acceptors (Lipinski definition) is 0. The van der Waals surface area contributed by atoms with Crippen molar-refractivity contribution in [3.63, 3.8) is 0 Å². The first-order valence-electron chi connectivity index (χ1n) is 15.2. The zero-order valence-electron chi connectivity index (χ0n) is 24.4. The summed E-state index contributed by atoms with van der Waals surface area (Å²) >= 11 is 0. The number of fused-ring (bicyclic) bond motifs is 10. The number of hydrogen-bond donors (Lipinski definition) is 0. The molecule has 0 aliphatic heterocycles. The van der Waals surface area contributed by atoms with Gasteiger partial charge in [-0.2, -0.15) is 0 Å². The van der Waals surface area contributed by atoms with E-state index >= 15 is 0 Å². The predicted molar refractivity (Wildman–Crippen MR) is 185 cm³/mol. The van der Waals surface area contributed by atoms with Crippen LogP contribution in [0.5, 0.6) is 0 Å². The van der Waals surface area contributed by atoms with Crippen LogP contribution in [0.25, 0.3) is 76.5 Å². The predicted octanol–water partition coefficient (Wildman–Crippen LogP) is 11.9. The summed E-state index contributed by atoms with van der Waals surface area (Å²) in [6.45, 7) is 4.76. The van der Waals surface area contributed by atoms with Crippen LogP contribution in [0.3, 0.4) is 0 Å². The van der Waals surface area contributed by atoms with Crippen LogP contribution in [0.15, 0.2) is 146 Å². The highest BCUT2D eigenvalue weighted by Gasteiger charge is 2.35. The summed E-state index contributed by atoms with van der Waals surface area (Å²) in [5, 5.41) is 10.5. The van der Waals surface area contributed by atoms with Gasteiger partial charge in [0, 0.05) is 5.41 Å². The van der Waals surface area contributed by atoms with Gasteiger partial charge in [-0.05, 0) is 112 Å². The van der Waals surface area contributed by atoms with Crippen molar-refractivity contribution < 1.29 is 0 Å². The fourth-order valence-electron chi connectivity index (χ4n) is 7.55. The third-order valence-electron chi connectivity index (χ3n) is 9.84. The van der Waals surface area contributed by atoms with Crippen molar-refractivity contribution in [1.29, 1.82) is 0 Å². The summed E-state index contributed by atoms with van der Waals surface area (Å²) in [5.41, 5.74) is 10.5. The summed E-state index contributed by atoms with van der Waals surface area (Å²) in [5.74, 6) is 0. The molecule has 0 spiro atoms. The molecule has 0 saturated carbocycles. The van der Waals surface area contributed by atoms with Gasteiger partial charge in [-0.25, -0.2) is 0 Å². The molecular formula is C43H30. The van der Waals surface area contributed by atoms with E-state index in [4.69, 9.17) is 0 Å². The maximum absolute atomic E-state index is 2.44. The molecule has 0 fully saturated rings. The lowest BCUT2D eigenvalue weighted by atomic mass is 9.80. The Kier molecular flexibility index (Phi) is 5.05. The average molecular weight is 547 g/mol. The van der Waals surface area contributed by atoms with Crippen LogP contribution in [0.2, 0.25) is 0 Å². The van der Waals surface area contributed by atoms with E-state index < -0.39 is 0 Å². The van der Waals surface area contributed by atoms with Gasteiger partial charge in [-0.15, -0.1) is 0 Å². The van der Waals surface area contributed by atoms with Crippen molar-refractivity contribution in [3.8, 4) is 33.4 Å². The topological polar surface area (TPSA) is 0 Å². The highest BCUT2D eigenvalue weighted by atomic mass is 14.4. The molecule has 1 aliphatic rings. The minimum absolute atomic E-state index is 0.0900. The van der Waals surface area contributed by atoms with Crippen molar-refractivity contribution in [2.24, 2.45) is 0 Å². The Morgan fingerprint density at radius 2 is 0.744 bits per heavy atom. The van der Waals surface area contributed by atoms with Crippen molar-refractivity contribution >= 4 is 43.1 Å². The highest BCUT2D eigenvalue weighted by Crippen LogP contribution is 2.51. The van der Waals surface area contributed by atoms with E-state index in [1.165, 1.54) is 87.6 Å². The lowest BCUT2D eigenvalue weighted by Crippen LogP contribution is -2.15. The van der Waals surface area contributed by atoms with Gasteiger partial charge in [0.2, 0.25) is 0 Å². The molecule has 0 amide bonds. The molecule has 43 heavy (non-hydrogen) atoms. The van der Waals surface area contributed by atoms with Crippen LogP contribution in [-0.4, -0.2) is 0 Å². The maximum Gasteiger partial charge on any atom is 0.0159 e. The first-order chi connectivity index (χ1) is 21.1. The fourth-order valence-corrected chi connectivity index (χ4v) is 7.55. The Labute approximate surface area is 251 Å². The molecule has 8 aromatic carbocycles. The van der Waals surface area contributed by atoms with E-state index in [0.29, 0.717) is 0 Å². The Hall–Kier alpha value is -5.20. The quantitative estimate of drug-likeness (QED) is 0.189. The van der Waals surface area contributed by atoms with Crippen LogP contribution < -0.4 is 0 Å². The van der Waals surface area contributed by atoms with Gasteiger partial charge in [0.25, 0.3) is 0 Å². The van der Waals surface area contributed by atoms with Gasteiger partial charge >= 0.3 is 0 Å². The van der Waals surface area contributed by atoms with Gasteiger partial charge in [0.15, 0.2) is 0 Å². The van der Waals surface area contributed by atoms with Crippen molar-refractivity contribution in [3.05, 3.63) is 157 Å². The second kappa shape index (κ2) is 8.90. The number of benzene rings is 8. The molecule has 8 aromatic rings. The molecule has 0 atom stereocenters. The second-order valence-corrected chi connectivity index (χ2v) is 12.6. The molecule has 0 heteroatoms. The summed E-state index contributed by atoms with van der Waals surface area (Å²) < 4.78 is 0. The summed E-state index contributed by atoms with van der Waals surface area (Å²) in [6.07, 6.45) is 0. The molecule has 0 radical (unpaired) electrons. The second-order valence-electron chi connectivity index (χ2n) is 12.6. The van der Waals surface area contributed by atoms with Crippen LogP contribution in [0.1, 0.15) is 25.0 Å². The largest absolute Gasteiger partial charge is 0.0616 e. The van der Waals surface area contributed by atoms with Crippen LogP contribution in [0.4, 0.5) is 0 Å². The minimum atomic E-state index is -0.0900. The SMILES string of the molecule is CC1(C)c2cc(-c3ccc4ccccc4c3)ccc2-c2ccc(-c3ccc4c5ccccc5c5ccccc5c4c3)cc21. The maximum atomic E-state index is 2.44. The Morgan fingerprint density at radius 3 is 1.35 bits per heavy atom. The summed E-state index contributed by atoms with van der Waals surface area (Å²) in [6, 6.07) is 54.2. The van der Waals surface area contributed by atoms with E-state index in [1.54, 1.807) is 0 Å².